The summed E-state index contributed by atoms with van der Waals surface area (Å²) < 4.78 is 5.50. The molecule has 1 unspecified atom stereocenters. The Balaban J connectivity index is 2.53. The van der Waals surface area contributed by atoms with Crippen LogP contribution in [0.3, 0.4) is 0 Å². The van der Waals surface area contributed by atoms with E-state index in [4.69, 9.17) is 9.84 Å². The standard InChI is InChI=1S/C14H14N2O5/c1-8(2)13(14(17)18)21-11-6-5-10(16(19)20)9-4-3-7-15-12(9)11/h3-8,13H,1-2H3,(H,17,18). The molecule has 0 bridgehead atoms. The highest BCUT2D eigenvalue weighted by atomic mass is 16.6. The van der Waals surface area contributed by atoms with E-state index >= 15 is 0 Å². The van der Waals surface area contributed by atoms with Gasteiger partial charge in [-0.05, 0) is 18.2 Å². The molecule has 0 radical (unpaired) electrons. The molecule has 1 aromatic carbocycles. The van der Waals surface area contributed by atoms with Gasteiger partial charge >= 0.3 is 5.97 Å². The monoisotopic (exact) mass is 290 g/mol. The summed E-state index contributed by atoms with van der Waals surface area (Å²) in [6.07, 6.45) is 0.431. The summed E-state index contributed by atoms with van der Waals surface area (Å²) in [6, 6.07) is 5.80. The van der Waals surface area contributed by atoms with Gasteiger partial charge in [-0.1, -0.05) is 13.8 Å². The summed E-state index contributed by atoms with van der Waals surface area (Å²) in [6.45, 7) is 3.44. The first-order valence-electron chi connectivity index (χ1n) is 6.33. The van der Waals surface area contributed by atoms with Crippen LogP contribution in [0.5, 0.6) is 5.75 Å². The number of aromatic nitrogens is 1. The van der Waals surface area contributed by atoms with Crippen LogP contribution in [0.1, 0.15) is 13.8 Å². The molecule has 0 fully saturated rings. The summed E-state index contributed by atoms with van der Waals surface area (Å²) in [5, 5.41) is 20.5. The van der Waals surface area contributed by atoms with E-state index < -0.39 is 17.0 Å². The summed E-state index contributed by atoms with van der Waals surface area (Å²) in [5.41, 5.74) is 0.181. The molecule has 0 aliphatic heterocycles. The largest absolute Gasteiger partial charge is 0.478 e. The van der Waals surface area contributed by atoms with Gasteiger partial charge in [0.15, 0.2) is 6.10 Å². The van der Waals surface area contributed by atoms with E-state index in [1.807, 2.05) is 0 Å². The Kier molecular flexibility index (Phi) is 4.02. The first kappa shape index (κ1) is 14.7. The molecule has 2 rings (SSSR count). The van der Waals surface area contributed by atoms with Crippen molar-refractivity contribution in [3.8, 4) is 5.75 Å². The van der Waals surface area contributed by atoms with E-state index in [1.54, 1.807) is 26.0 Å². The van der Waals surface area contributed by atoms with E-state index in [-0.39, 0.29) is 22.9 Å². The van der Waals surface area contributed by atoms with Crippen LogP contribution in [0, 0.1) is 16.0 Å². The summed E-state index contributed by atoms with van der Waals surface area (Å²) in [7, 11) is 0. The van der Waals surface area contributed by atoms with Crippen molar-refractivity contribution >= 4 is 22.6 Å². The topological polar surface area (TPSA) is 103 Å². The molecule has 110 valence electrons. The van der Waals surface area contributed by atoms with Crippen molar-refractivity contribution in [3.63, 3.8) is 0 Å². The van der Waals surface area contributed by atoms with Gasteiger partial charge < -0.3 is 9.84 Å². The number of hydrogen-bond donors (Lipinski definition) is 1. The molecule has 0 saturated heterocycles. The van der Waals surface area contributed by atoms with Crippen LogP contribution in [0.15, 0.2) is 30.5 Å². The van der Waals surface area contributed by atoms with Gasteiger partial charge in [0.1, 0.15) is 11.3 Å². The van der Waals surface area contributed by atoms with Crippen LogP contribution in [0.25, 0.3) is 10.9 Å². The van der Waals surface area contributed by atoms with Crippen molar-refractivity contribution in [2.75, 3.05) is 0 Å². The van der Waals surface area contributed by atoms with Crippen LogP contribution in [0.4, 0.5) is 5.69 Å². The number of carbonyl (C=O) groups is 1. The zero-order valence-electron chi connectivity index (χ0n) is 11.5. The Morgan fingerprint density at radius 3 is 2.67 bits per heavy atom. The molecule has 0 aliphatic rings. The van der Waals surface area contributed by atoms with Gasteiger partial charge in [0.25, 0.3) is 5.69 Å². The number of pyridine rings is 1. The predicted molar refractivity (Wildman–Crippen MR) is 75.3 cm³/mol. The highest BCUT2D eigenvalue weighted by Gasteiger charge is 2.25. The Morgan fingerprint density at radius 2 is 2.10 bits per heavy atom. The minimum atomic E-state index is -1.09. The van der Waals surface area contributed by atoms with Crippen molar-refractivity contribution in [1.29, 1.82) is 0 Å². The van der Waals surface area contributed by atoms with Crippen molar-refractivity contribution in [3.05, 3.63) is 40.6 Å². The molecule has 2 aromatic rings. The number of hydrogen-bond acceptors (Lipinski definition) is 5. The van der Waals surface area contributed by atoms with Gasteiger partial charge in [0.2, 0.25) is 0 Å². The molecule has 1 heterocycles. The van der Waals surface area contributed by atoms with Crippen LogP contribution >= 0.6 is 0 Å². The van der Waals surface area contributed by atoms with Crippen LogP contribution in [-0.2, 0) is 4.79 Å². The SMILES string of the molecule is CC(C)C(Oc1ccc([N+](=O)[O-])c2cccnc12)C(=O)O. The molecular weight excluding hydrogens is 276 g/mol. The fourth-order valence-corrected chi connectivity index (χ4v) is 1.99. The normalized spacial score (nSPS) is 12.3. The lowest BCUT2D eigenvalue weighted by Gasteiger charge is -2.19. The number of nitro benzene ring substituents is 1. The molecule has 7 nitrogen and oxygen atoms in total. The molecule has 0 saturated carbocycles. The number of nitrogens with zero attached hydrogens (tertiary/aromatic N) is 2. The lowest BCUT2D eigenvalue weighted by atomic mass is 10.1. The Bertz CT molecular complexity index is 699. The Labute approximate surface area is 120 Å². The molecule has 0 spiro atoms. The second-order valence-corrected chi connectivity index (χ2v) is 4.86. The average Bonchev–Trinajstić information content (AvgIpc) is 2.43. The third-order valence-corrected chi connectivity index (χ3v) is 3.01. The van der Waals surface area contributed by atoms with E-state index in [1.165, 1.54) is 18.3 Å². The number of fused-ring (bicyclic) bond motifs is 1. The summed E-state index contributed by atoms with van der Waals surface area (Å²) >= 11 is 0. The quantitative estimate of drug-likeness (QED) is 0.670. The molecular formula is C14H14N2O5. The molecule has 1 atom stereocenters. The second kappa shape index (κ2) is 5.74. The maximum Gasteiger partial charge on any atom is 0.345 e. The van der Waals surface area contributed by atoms with E-state index in [9.17, 15) is 14.9 Å². The van der Waals surface area contributed by atoms with Crippen molar-refractivity contribution in [2.45, 2.75) is 20.0 Å². The van der Waals surface area contributed by atoms with Gasteiger partial charge in [-0.3, -0.25) is 15.1 Å². The minimum absolute atomic E-state index is 0.0955. The number of ether oxygens (including phenoxy) is 1. The summed E-state index contributed by atoms with van der Waals surface area (Å²) in [4.78, 5) is 25.8. The van der Waals surface area contributed by atoms with Crippen molar-refractivity contribution < 1.29 is 19.6 Å². The van der Waals surface area contributed by atoms with E-state index in [0.717, 1.165) is 0 Å². The molecule has 21 heavy (non-hydrogen) atoms. The maximum atomic E-state index is 11.2. The smallest absolute Gasteiger partial charge is 0.345 e. The number of benzene rings is 1. The van der Waals surface area contributed by atoms with Gasteiger partial charge in [0, 0.05) is 18.2 Å². The maximum absolute atomic E-state index is 11.2. The van der Waals surface area contributed by atoms with Crippen LogP contribution in [0.2, 0.25) is 0 Å². The number of aliphatic carboxylic acids is 1. The van der Waals surface area contributed by atoms with Crippen molar-refractivity contribution in [2.24, 2.45) is 5.92 Å². The fourth-order valence-electron chi connectivity index (χ4n) is 1.99. The number of nitro groups is 1. The minimum Gasteiger partial charge on any atom is -0.478 e. The number of rotatable bonds is 5. The third-order valence-electron chi connectivity index (χ3n) is 3.01. The molecule has 0 amide bonds. The zero-order valence-corrected chi connectivity index (χ0v) is 11.5. The first-order valence-corrected chi connectivity index (χ1v) is 6.33. The Hall–Kier alpha value is -2.70. The lowest BCUT2D eigenvalue weighted by Crippen LogP contribution is -2.32. The van der Waals surface area contributed by atoms with Gasteiger partial charge in [0.05, 0.1) is 10.3 Å². The van der Waals surface area contributed by atoms with Crippen LogP contribution < -0.4 is 4.74 Å². The average molecular weight is 290 g/mol. The summed E-state index contributed by atoms with van der Waals surface area (Å²) in [5.74, 6) is -1.12. The second-order valence-electron chi connectivity index (χ2n) is 4.86. The fraction of sp³-hybridized carbons (Fsp3) is 0.286. The number of non-ortho nitro benzene ring substituents is 1. The molecule has 0 aliphatic carbocycles. The zero-order chi connectivity index (χ0) is 15.6. The Morgan fingerprint density at radius 1 is 1.38 bits per heavy atom. The number of carboxylic acids is 1. The predicted octanol–water partition coefficient (Wildman–Crippen LogP) is 2.63. The third kappa shape index (κ3) is 2.91. The van der Waals surface area contributed by atoms with Crippen LogP contribution in [-0.4, -0.2) is 27.1 Å². The number of carboxylic acid groups (broad SMARTS) is 1. The van der Waals surface area contributed by atoms with Gasteiger partial charge in [-0.2, -0.15) is 0 Å². The van der Waals surface area contributed by atoms with E-state index in [0.29, 0.717) is 5.39 Å². The van der Waals surface area contributed by atoms with Gasteiger partial charge in [-0.25, -0.2) is 4.79 Å². The first-order chi connectivity index (χ1) is 9.91. The molecule has 1 aromatic heterocycles. The highest BCUT2D eigenvalue weighted by Crippen LogP contribution is 2.32. The highest BCUT2D eigenvalue weighted by molar-refractivity contribution is 5.92. The van der Waals surface area contributed by atoms with E-state index in [2.05, 4.69) is 4.98 Å². The molecule has 1 N–H and O–H groups in total. The lowest BCUT2D eigenvalue weighted by molar-refractivity contribution is -0.383. The molecule has 7 heteroatoms. The van der Waals surface area contributed by atoms with Crippen molar-refractivity contribution in [1.82, 2.24) is 4.98 Å². The van der Waals surface area contributed by atoms with Gasteiger partial charge in [-0.15, -0.1) is 0 Å².